The van der Waals surface area contributed by atoms with Gasteiger partial charge in [-0.3, -0.25) is 0 Å². The van der Waals surface area contributed by atoms with Crippen molar-refractivity contribution in [2.24, 2.45) is 0 Å². The summed E-state index contributed by atoms with van der Waals surface area (Å²) in [5, 5.41) is -0.354. The van der Waals surface area contributed by atoms with Gasteiger partial charge in [-0.25, -0.2) is 0 Å². The number of hydrogen-bond acceptors (Lipinski definition) is 1. The molecule has 0 bridgehead atoms. The van der Waals surface area contributed by atoms with E-state index in [0.717, 1.165) is 11.3 Å². The number of hydrogen-bond donors (Lipinski definition) is 0. The molecule has 68 valence electrons. The normalized spacial score (nSPS) is 14.8. The molecule has 1 unspecified atom stereocenters. The maximum absolute atomic E-state index is 12.0. The minimum atomic E-state index is -4.38. The molecule has 0 aromatic carbocycles. The van der Waals surface area contributed by atoms with E-state index in [1.165, 1.54) is 0 Å². The van der Waals surface area contributed by atoms with Crippen LogP contribution in [0.3, 0.4) is 0 Å². The van der Waals surface area contributed by atoms with Gasteiger partial charge in [0, 0.05) is 9.35 Å². The van der Waals surface area contributed by atoms with Crippen molar-refractivity contribution in [3.8, 4) is 0 Å². The summed E-state index contributed by atoms with van der Waals surface area (Å²) in [7, 11) is 0. The predicted molar refractivity (Wildman–Crippen MR) is 46.7 cm³/mol. The molecule has 0 saturated carbocycles. The lowest BCUT2D eigenvalue weighted by Crippen LogP contribution is -2.14. The van der Waals surface area contributed by atoms with Gasteiger partial charge in [0.05, 0.1) is 0 Å². The van der Waals surface area contributed by atoms with Crippen molar-refractivity contribution in [2.75, 3.05) is 0 Å². The van der Waals surface area contributed by atoms with Crippen LogP contribution >= 0.6 is 38.9 Å². The average Bonchev–Trinajstić information content (AvgIpc) is 2.31. The Kier molecular flexibility index (Phi) is 3.06. The standard InChI is InChI=1S/C6H3BrClF3S/c7-3-1-2-12-4(3)5(8)6(9,10)11/h1-2,5H. The maximum Gasteiger partial charge on any atom is 0.409 e. The molecule has 0 saturated heterocycles. The molecule has 0 fully saturated rings. The SMILES string of the molecule is FC(F)(F)C(Cl)c1sccc1Br. The van der Waals surface area contributed by atoms with Crippen LogP contribution in [0, 0.1) is 0 Å². The highest BCUT2D eigenvalue weighted by atomic mass is 79.9. The molecular formula is C6H3BrClF3S. The largest absolute Gasteiger partial charge is 0.409 e. The van der Waals surface area contributed by atoms with Crippen LogP contribution in [0.15, 0.2) is 15.9 Å². The summed E-state index contributed by atoms with van der Waals surface area (Å²) in [6.07, 6.45) is -4.38. The summed E-state index contributed by atoms with van der Waals surface area (Å²) in [4.78, 5) is 0.101. The van der Waals surface area contributed by atoms with Gasteiger partial charge in [0.25, 0.3) is 0 Å². The monoisotopic (exact) mass is 278 g/mol. The van der Waals surface area contributed by atoms with E-state index in [0.29, 0.717) is 4.47 Å². The van der Waals surface area contributed by atoms with Crippen LogP contribution in [-0.4, -0.2) is 6.18 Å². The molecule has 0 radical (unpaired) electrons. The third kappa shape index (κ3) is 2.14. The minimum Gasteiger partial charge on any atom is -0.169 e. The molecule has 12 heavy (non-hydrogen) atoms. The number of halogens is 5. The predicted octanol–water partition coefficient (Wildman–Crippen LogP) is 4.35. The highest BCUT2D eigenvalue weighted by Gasteiger charge is 2.40. The molecule has 0 aliphatic heterocycles. The second-order valence-electron chi connectivity index (χ2n) is 2.04. The Labute approximate surface area is 84.5 Å². The third-order valence-electron chi connectivity index (χ3n) is 1.16. The topological polar surface area (TPSA) is 0 Å². The lowest BCUT2D eigenvalue weighted by molar-refractivity contribution is -0.131. The van der Waals surface area contributed by atoms with Crippen molar-refractivity contribution >= 4 is 38.9 Å². The minimum absolute atomic E-state index is 0.101. The van der Waals surface area contributed by atoms with Crippen LogP contribution in [0.5, 0.6) is 0 Å². The molecule has 0 amide bonds. The number of rotatable bonds is 1. The molecule has 0 aliphatic rings. The first kappa shape index (κ1) is 10.3. The van der Waals surface area contributed by atoms with Crippen molar-refractivity contribution in [1.82, 2.24) is 0 Å². The first-order chi connectivity index (χ1) is 5.43. The molecule has 1 aromatic rings. The molecule has 0 aliphatic carbocycles. The number of alkyl halides is 4. The summed E-state index contributed by atoms with van der Waals surface area (Å²) < 4.78 is 36.5. The highest BCUT2D eigenvalue weighted by molar-refractivity contribution is 9.10. The maximum atomic E-state index is 12.0. The van der Waals surface area contributed by atoms with E-state index in [1.54, 1.807) is 11.4 Å². The van der Waals surface area contributed by atoms with E-state index in [9.17, 15) is 13.2 Å². The van der Waals surface area contributed by atoms with Gasteiger partial charge in [0.2, 0.25) is 0 Å². The van der Waals surface area contributed by atoms with E-state index in [-0.39, 0.29) is 4.88 Å². The van der Waals surface area contributed by atoms with Crippen LogP contribution in [0.2, 0.25) is 0 Å². The molecule has 1 heterocycles. The average molecular weight is 280 g/mol. The van der Waals surface area contributed by atoms with Gasteiger partial charge < -0.3 is 0 Å². The fourth-order valence-corrected chi connectivity index (χ4v) is 2.64. The lowest BCUT2D eigenvalue weighted by atomic mass is 10.3. The van der Waals surface area contributed by atoms with Crippen molar-refractivity contribution in [2.45, 2.75) is 11.6 Å². The van der Waals surface area contributed by atoms with Gasteiger partial charge in [0.15, 0.2) is 5.38 Å². The fraction of sp³-hybridized carbons (Fsp3) is 0.333. The zero-order chi connectivity index (χ0) is 9.35. The molecule has 0 nitrogen and oxygen atoms in total. The first-order valence-corrected chi connectivity index (χ1v) is 4.97. The van der Waals surface area contributed by atoms with Gasteiger partial charge in [-0.15, -0.1) is 22.9 Å². The van der Waals surface area contributed by atoms with Crippen molar-refractivity contribution in [3.63, 3.8) is 0 Å². The smallest absolute Gasteiger partial charge is 0.169 e. The molecular weight excluding hydrogens is 276 g/mol. The van der Waals surface area contributed by atoms with Crippen LogP contribution in [0.25, 0.3) is 0 Å². The van der Waals surface area contributed by atoms with Crippen LogP contribution in [-0.2, 0) is 0 Å². The lowest BCUT2D eigenvalue weighted by Gasteiger charge is -2.11. The van der Waals surface area contributed by atoms with Crippen molar-refractivity contribution < 1.29 is 13.2 Å². The third-order valence-corrected chi connectivity index (χ3v) is 3.69. The van der Waals surface area contributed by atoms with E-state index in [2.05, 4.69) is 15.9 Å². The van der Waals surface area contributed by atoms with Gasteiger partial charge in [-0.1, -0.05) is 0 Å². The van der Waals surface area contributed by atoms with Crippen LogP contribution in [0.1, 0.15) is 10.3 Å². The highest BCUT2D eigenvalue weighted by Crippen LogP contribution is 2.43. The number of thiophene rings is 1. The van der Waals surface area contributed by atoms with Crippen molar-refractivity contribution in [3.05, 3.63) is 20.8 Å². The molecule has 0 N–H and O–H groups in total. The van der Waals surface area contributed by atoms with Gasteiger partial charge >= 0.3 is 6.18 Å². The molecule has 0 spiro atoms. The Balaban J connectivity index is 2.92. The van der Waals surface area contributed by atoms with Crippen LogP contribution < -0.4 is 0 Å². The zero-order valence-electron chi connectivity index (χ0n) is 5.53. The molecule has 1 aromatic heterocycles. The molecule has 1 rings (SSSR count). The first-order valence-electron chi connectivity index (χ1n) is 2.86. The quantitative estimate of drug-likeness (QED) is 0.670. The van der Waals surface area contributed by atoms with Gasteiger partial charge in [0.1, 0.15) is 0 Å². The Bertz CT molecular complexity index is 270. The van der Waals surface area contributed by atoms with Crippen molar-refractivity contribution in [1.29, 1.82) is 0 Å². The van der Waals surface area contributed by atoms with E-state index >= 15 is 0 Å². The zero-order valence-corrected chi connectivity index (χ0v) is 8.69. The van der Waals surface area contributed by atoms with E-state index < -0.39 is 11.6 Å². The summed E-state index contributed by atoms with van der Waals surface area (Å²) in [6.45, 7) is 0. The van der Waals surface area contributed by atoms with Gasteiger partial charge in [-0.05, 0) is 27.4 Å². The fourth-order valence-electron chi connectivity index (χ4n) is 0.635. The van der Waals surface area contributed by atoms with E-state index in [4.69, 9.17) is 11.6 Å². The Morgan fingerprint density at radius 3 is 2.42 bits per heavy atom. The second kappa shape index (κ2) is 3.55. The molecule has 6 heteroatoms. The summed E-state index contributed by atoms with van der Waals surface area (Å²) in [5.41, 5.74) is 0. The summed E-state index contributed by atoms with van der Waals surface area (Å²) in [5.74, 6) is 0. The Morgan fingerprint density at radius 1 is 1.50 bits per heavy atom. The van der Waals surface area contributed by atoms with Gasteiger partial charge in [-0.2, -0.15) is 13.2 Å². The summed E-state index contributed by atoms with van der Waals surface area (Å²) >= 11 is 9.16. The Hall–Kier alpha value is 0.260. The van der Waals surface area contributed by atoms with E-state index in [1.807, 2.05) is 0 Å². The Morgan fingerprint density at radius 2 is 2.08 bits per heavy atom. The van der Waals surface area contributed by atoms with Crippen LogP contribution in [0.4, 0.5) is 13.2 Å². The molecule has 1 atom stereocenters. The summed E-state index contributed by atoms with van der Waals surface area (Å²) in [6, 6.07) is 1.54. The second-order valence-corrected chi connectivity index (χ2v) is 4.28.